The Morgan fingerprint density at radius 3 is 2.52 bits per heavy atom. The van der Waals surface area contributed by atoms with E-state index in [1.165, 1.54) is 14.0 Å². The highest BCUT2D eigenvalue weighted by Gasteiger charge is 2.38. The van der Waals surface area contributed by atoms with Crippen LogP contribution in [0.15, 0.2) is 42.5 Å². The second-order valence-electron chi connectivity index (χ2n) is 6.96. The molecule has 6 nitrogen and oxygen atoms in total. The Kier molecular flexibility index (Phi) is 6.23. The van der Waals surface area contributed by atoms with E-state index in [1.807, 2.05) is 6.92 Å². The minimum absolute atomic E-state index is 0.0359. The molecule has 2 aromatic rings. The maximum absolute atomic E-state index is 12.6. The van der Waals surface area contributed by atoms with E-state index in [4.69, 9.17) is 21.1 Å². The fourth-order valence-corrected chi connectivity index (χ4v) is 3.47. The van der Waals surface area contributed by atoms with E-state index < -0.39 is 18.0 Å². The molecule has 2 aromatic carbocycles. The van der Waals surface area contributed by atoms with Gasteiger partial charge in [-0.25, -0.2) is 0 Å². The number of anilines is 1. The van der Waals surface area contributed by atoms with Gasteiger partial charge < -0.3 is 14.4 Å². The highest BCUT2D eigenvalue weighted by molar-refractivity contribution is 6.31. The molecule has 0 bridgehead atoms. The van der Waals surface area contributed by atoms with Crippen LogP contribution >= 0.6 is 11.6 Å². The van der Waals surface area contributed by atoms with Gasteiger partial charge in [-0.15, -0.1) is 0 Å². The van der Waals surface area contributed by atoms with E-state index in [0.29, 0.717) is 22.0 Å². The van der Waals surface area contributed by atoms with Crippen LogP contribution in [0.1, 0.15) is 29.3 Å². The lowest BCUT2D eigenvalue weighted by atomic mass is 10.1. The van der Waals surface area contributed by atoms with Crippen LogP contribution in [0.2, 0.25) is 5.02 Å². The van der Waals surface area contributed by atoms with Crippen LogP contribution in [0.3, 0.4) is 0 Å². The summed E-state index contributed by atoms with van der Waals surface area (Å²) in [7, 11) is 1.54. The first-order valence-electron chi connectivity index (χ1n) is 9.26. The van der Waals surface area contributed by atoms with E-state index in [9.17, 15) is 14.4 Å². The number of carbonyl (C=O) groups excluding carboxylic acids is 3. The number of hydrogen-bond acceptors (Lipinski definition) is 5. The Bertz CT molecular complexity index is 941. The number of ether oxygens (including phenoxy) is 2. The fourth-order valence-electron chi connectivity index (χ4n) is 3.30. The topological polar surface area (TPSA) is 72.9 Å². The average Bonchev–Trinajstić information content (AvgIpc) is 3.11. The highest BCUT2D eigenvalue weighted by Crippen LogP contribution is 2.32. The summed E-state index contributed by atoms with van der Waals surface area (Å²) >= 11 is 6.14. The zero-order chi connectivity index (χ0) is 21.1. The monoisotopic (exact) mass is 415 g/mol. The van der Waals surface area contributed by atoms with Crippen molar-refractivity contribution >= 4 is 34.9 Å². The summed E-state index contributed by atoms with van der Waals surface area (Å²) in [6, 6.07) is 11.9. The summed E-state index contributed by atoms with van der Waals surface area (Å²) in [6.07, 6.45) is -0.915. The number of rotatable bonds is 6. The molecule has 1 amide bonds. The molecular weight excluding hydrogens is 394 g/mol. The molecule has 0 aliphatic carbocycles. The van der Waals surface area contributed by atoms with Crippen LogP contribution in [0.4, 0.5) is 5.69 Å². The van der Waals surface area contributed by atoms with Crippen molar-refractivity contribution in [3.8, 4) is 5.75 Å². The first kappa shape index (κ1) is 20.9. The fraction of sp³-hybridized carbons (Fsp3) is 0.318. The summed E-state index contributed by atoms with van der Waals surface area (Å²) in [5, 5.41) is 0.556. The number of nitrogens with zero attached hydrogens (tertiary/aromatic N) is 1. The van der Waals surface area contributed by atoms with Crippen LogP contribution in [0, 0.1) is 12.8 Å². The molecule has 0 N–H and O–H groups in total. The average molecular weight is 416 g/mol. The Hall–Kier alpha value is -2.86. The molecule has 1 saturated heterocycles. The number of esters is 1. The van der Waals surface area contributed by atoms with E-state index in [1.54, 1.807) is 47.4 Å². The minimum atomic E-state index is -0.951. The maximum atomic E-state index is 12.6. The molecule has 2 atom stereocenters. The molecule has 1 heterocycles. The SMILES string of the molecule is COc1ccc(C(=O)[C@@H](C)OC(=O)[C@H]2CC(=O)N(c3cccc(Cl)c3C)C2)cc1. The molecule has 7 heteroatoms. The third kappa shape index (κ3) is 4.43. The van der Waals surface area contributed by atoms with Gasteiger partial charge in [0.25, 0.3) is 0 Å². The van der Waals surface area contributed by atoms with E-state index >= 15 is 0 Å². The Morgan fingerprint density at radius 2 is 1.86 bits per heavy atom. The summed E-state index contributed by atoms with van der Waals surface area (Å²) in [5.41, 5.74) is 1.88. The largest absolute Gasteiger partial charge is 0.497 e. The summed E-state index contributed by atoms with van der Waals surface area (Å²) in [6.45, 7) is 3.55. The molecule has 0 unspecified atom stereocenters. The summed E-state index contributed by atoms with van der Waals surface area (Å²) < 4.78 is 10.4. The van der Waals surface area contributed by atoms with Gasteiger partial charge in [-0.05, 0) is 55.8 Å². The molecule has 0 spiro atoms. The third-order valence-corrected chi connectivity index (χ3v) is 5.43. The van der Waals surface area contributed by atoms with Gasteiger partial charge in [0.1, 0.15) is 5.75 Å². The van der Waals surface area contributed by atoms with Crippen LogP contribution < -0.4 is 9.64 Å². The van der Waals surface area contributed by atoms with Crippen LogP contribution in [0.25, 0.3) is 0 Å². The van der Waals surface area contributed by atoms with Gasteiger partial charge >= 0.3 is 5.97 Å². The quantitative estimate of drug-likeness (QED) is 0.529. The molecule has 3 rings (SSSR count). The number of hydrogen-bond donors (Lipinski definition) is 0. The highest BCUT2D eigenvalue weighted by atomic mass is 35.5. The number of benzene rings is 2. The second-order valence-corrected chi connectivity index (χ2v) is 7.37. The summed E-state index contributed by atoms with van der Waals surface area (Å²) in [5.74, 6) is -1.05. The van der Waals surface area contributed by atoms with Crippen molar-refractivity contribution in [1.82, 2.24) is 0 Å². The van der Waals surface area contributed by atoms with Crippen molar-refractivity contribution in [2.45, 2.75) is 26.4 Å². The Balaban J connectivity index is 1.65. The standard InChI is InChI=1S/C22H22ClNO5/c1-13-18(23)5-4-6-19(13)24-12-16(11-20(24)25)22(27)29-14(2)21(26)15-7-9-17(28-3)10-8-15/h4-10,14,16H,11-12H2,1-3H3/t14-,16+/m1/s1. The van der Waals surface area contributed by atoms with Gasteiger partial charge in [0, 0.05) is 29.2 Å². The van der Waals surface area contributed by atoms with Crippen LogP contribution in [-0.2, 0) is 14.3 Å². The lowest BCUT2D eigenvalue weighted by Crippen LogP contribution is -2.30. The molecule has 29 heavy (non-hydrogen) atoms. The molecule has 0 radical (unpaired) electrons. The van der Waals surface area contributed by atoms with E-state index in [2.05, 4.69) is 0 Å². The van der Waals surface area contributed by atoms with Crippen LogP contribution in [-0.4, -0.2) is 37.4 Å². The number of amides is 1. The first-order valence-corrected chi connectivity index (χ1v) is 9.64. The summed E-state index contributed by atoms with van der Waals surface area (Å²) in [4.78, 5) is 39.1. The molecular formula is C22H22ClNO5. The third-order valence-electron chi connectivity index (χ3n) is 5.02. The molecule has 0 saturated carbocycles. The number of Topliss-reactive ketones (excluding diaryl/α,β-unsaturated/α-hetero) is 1. The number of methoxy groups -OCH3 is 1. The minimum Gasteiger partial charge on any atom is -0.497 e. The van der Waals surface area contributed by atoms with Crippen molar-refractivity contribution in [3.63, 3.8) is 0 Å². The second kappa shape index (κ2) is 8.66. The first-order chi connectivity index (χ1) is 13.8. The van der Waals surface area contributed by atoms with Gasteiger partial charge in [-0.1, -0.05) is 17.7 Å². The van der Waals surface area contributed by atoms with Gasteiger partial charge in [0.15, 0.2) is 6.10 Å². The molecule has 152 valence electrons. The van der Waals surface area contributed by atoms with Crippen molar-refractivity contribution < 1.29 is 23.9 Å². The van der Waals surface area contributed by atoms with E-state index in [-0.39, 0.29) is 24.7 Å². The molecule has 1 fully saturated rings. The van der Waals surface area contributed by atoms with Crippen LogP contribution in [0.5, 0.6) is 5.75 Å². The zero-order valence-electron chi connectivity index (χ0n) is 16.5. The van der Waals surface area contributed by atoms with Gasteiger partial charge in [0.2, 0.25) is 11.7 Å². The number of carbonyl (C=O) groups is 3. The maximum Gasteiger partial charge on any atom is 0.312 e. The van der Waals surface area contributed by atoms with Gasteiger partial charge in [-0.2, -0.15) is 0 Å². The van der Waals surface area contributed by atoms with Crippen molar-refractivity contribution in [2.24, 2.45) is 5.92 Å². The number of halogens is 1. The van der Waals surface area contributed by atoms with E-state index in [0.717, 1.165) is 5.56 Å². The Labute approximate surface area is 174 Å². The Morgan fingerprint density at radius 1 is 1.17 bits per heavy atom. The number of ketones is 1. The van der Waals surface area contributed by atoms with Crippen molar-refractivity contribution in [2.75, 3.05) is 18.6 Å². The normalized spacial score (nSPS) is 17.2. The smallest absolute Gasteiger partial charge is 0.312 e. The lowest BCUT2D eigenvalue weighted by molar-refractivity contribution is -0.151. The predicted octanol–water partition coefficient (Wildman–Crippen LogP) is 3.82. The predicted molar refractivity (Wildman–Crippen MR) is 110 cm³/mol. The van der Waals surface area contributed by atoms with Crippen molar-refractivity contribution in [3.05, 3.63) is 58.6 Å². The molecule has 0 aromatic heterocycles. The lowest BCUT2D eigenvalue weighted by Gasteiger charge is -2.20. The van der Waals surface area contributed by atoms with Gasteiger partial charge in [-0.3, -0.25) is 14.4 Å². The molecule has 1 aliphatic heterocycles. The zero-order valence-corrected chi connectivity index (χ0v) is 17.2. The van der Waals surface area contributed by atoms with Crippen molar-refractivity contribution in [1.29, 1.82) is 0 Å². The molecule has 1 aliphatic rings. The van der Waals surface area contributed by atoms with Gasteiger partial charge in [0.05, 0.1) is 13.0 Å².